The highest BCUT2D eigenvalue weighted by atomic mass is 32.1. The lowest BCUT2D eigenvalue weighted by Gasteiger charge is -2.23. The predicted molar refractivity (Wildman–Crippen MR) is 92.9 cm³/mol. The highest BCUT2D eigenvalue weighted by Crippen LogP contribution is 2.07. The van der Waals surface area contributed by atoms with Crippen molar-refractivity contribution < 1.29 is 23.9 Å². The number of quaternary nitrogens is 1. The topological polar surface area (TPSA) is 73.6 Å². The fraction of sp³-hybridized carbons (Fsp3) is 0.625. The molecule has 0 saturated carbocycles. The molecule has 1 aliphatic rings. The molecule has 1 aliphatic heterocycles. The number of hydrogen-bond donors (Lipinski definition) is 2. The summed E-state index contributed by atoms with van der Waals surface area (Å²) in [6.07, 6.45) is 0.946. The van der Waals surface area contributed by atoms with Crippen LogP contribution in [0, 0.1) is 0 Å². The number of morpholine rings is 1. The van der Waals surface area contributed by atoms with Gasteiger partial charge in [0.25, 0.3) is 11.9 Å². The minimum absolute atomic E-state index is 0.194. The second kappa shape index (κ2) is 11.1. The van der Waals surface area contributed by atoms with Gasteiger partial charge in [-0.1, -0.05) is 6.07 Å². The van der Waals surface area contributed by atoms with Crippen molar-refractivity contribution in [3.63, 3.8) is 0 Å². The smallest absolute Gasteiger partial charge is 0.291 e. The van der Waals surface area contributed by atoms with Crippen LogP contribution in [-0.4, -0.2) is 71.6 Å². The summed E-state index contributed by atoms with van der Waals surface area (Å²) in [5.74, 6) is -0.194. The maximum Gasteiger partial charge on any atom is 0.291 e. The van der Waals surface area contributed by atoms with Crippen molar-refractivity contribution in [3.05, 3.63) is 22.4 Å². The van der Waals surface area contributed by atoms with Gasteiger partial charge in [-0.2, -0.15) is 0 Å². The molecule has 8 heteroatoms. The number of thiophene rings is 1. The summed E-state index contributed by atoms with van der Waals surface area (Å²) < 4.78 is 15.8. The van der Waals surface area contributed by atoms with Gasteiger partial charge in [-0.3, -0.25) is 10.1 Å². The van der Waals surface area contributed by atoms with Crippen molar-refractivity contribution in [1.82, 2.24) is 5.32 Å². The summed E-state index contributed by atoms with van der Waals surface area (Å²) in [5, 5.41) is 4.60. The second-order valence-corrected chi connectivity index (χ2v) is 6.37. The van der Waals surface area contributed by atoms with Gasteiger partial charge in [-0.15, -0.1) is 11.3 Å². The normalized spacial score (nSPS) is 16.1. The third kappa shape index (κ3) is 6.96. The van der Waals surface area contributed by atoms with Crippen LogP contribution in [0.2, 0.25) is 0 Å². The molecular weight excluding hydrogens is 330 g/mol. The first-order valence-corrected chi connectivity index (χ1v) is 9.10. The summed E-state index contributed by atoms with van der Waals surface area (Å²) in [5.41, 5.74) is 0. The zero-order chi connectivity index (χ0) is 17.0. The monoisotopic (exact) mass is 356 g/mol. The lowest BCUT2D eigenvalue weighted by atomic mass is 10.3. The Morgan fingerprint density at radius 2 is 2.25 bits per heavy atom. The molecule has 1 aromatic rings. The fourth-order valence-corrected chi connectivity index (χ4v) is 2.95. The Kier molecular flexibility index (Phi) is 8.75. The molecule has 0 spiro atoms. The standard InChI is InChI=1S/C16H25N3O4S/c1-21-11-12-23-16(18-15(20)14-4-2-13-24-14)17-5-3-6-19-7-9-22-10-8-19/h2,4,13H,3,5-12H2,1H3,(H,17,18,20)/p+1. The molecule has 2 rings (SSSR count). The van der Waals surface area contributed by atoms with E-state index in [0.29, 0.717) is 24.6 Å². The largest absolute Gasteiger partial charge is 0.463 e. The van der Waals surface area contributed by atoms with Crippen molar-refractivity contribution in [1.29, 1.82) is 0 Å². The number of methoxy groups -OCH3 is 1. The molecule has 134 valence electrons. The number of rotatable bonds is 8. The molecule has 1 saturated heterocycles. The molecule has 0 atom stereocenters. The van der Waals surface area contributed by atoms with Crippen LogP contribution in [0.4, 0.5) is 0 Å². The number of hydrogen-bond acceptors (Lipinski definition) is 6. The third-order valence-corrected chi connectivity index (χ3v) is 4.50. The van der Waals surface area contributed by atoms with Crippen LogP contribution in [0.5, 0.6) is 0 Å². The van der Waals surface area contributed by atoms with Gasteiger partial charge >= 0.3 is 0 Å². The van der Waals surface area contributed by atoms with Crippen LogP contribution in [-0.2, 0) is 14.2 Å². The Morgan fingerprint density at radius 1 is 1.42 bits per heavy atom. The summed E-state index contributed by atoms with van der Waals surface area (Å²) in [6.45, 7) is 6.25. The van der Waals surface area contributed by atoms with E-state index in [4.69, 9.17) is 14.2 Å². The average molecular weight is 356 g/mol. The number of amidine groups is 1. The Hall–Kier alpha value is -1.48. The first kappa shape index (κ1) is 18.9. The number of aliphatic imine (C=N–C) groups is 1. The molecule has 0 radical (unpaired) electrons. The van der Waals surface area contributed by atoms with Gasteiger partial charge in [-0.05, 0) is 11.4 Å². The van der Waals surface area contributed by atoms with E-state index in [0.717, 1.165) is 39.3 Å². The third-order valence-electron chi connectivity index (χ3n) is 3.64. The molecule has 24 heavy (non-hydrogen) atoms. The fourth-order valence-electron chi connectivity index (χ4n) is 2.33. The van der Waals surface area contributed by atoms with Crippen LogP contribution in [0.3, 0.4) is 0 Å². The molecular formula is C16H26N3O4S+. The summed E-state index contributed by atoms with van der Waals surface area (Å²) in [7, 11) is 1.61. The molecule has 0 aromatic carbocycles. The highest BCUT2D eigenvalue weighted by molar-refractivity contribution is 7.12. The Bertz CT molecular complexity index is 501. The van der Waals surface area contributed by atoms with Crippen LogP contribution < -0.4 is 10.2 Å². The average Bonchev–Trinajstić information content (AvgIpc) is 3.14. The molecule has 1 amide bonds. The molecule has 2 N–H and O–H groups in total. The number of ether oxygens (including phenoxy) is 3. The molecule has 1 aromatic heterocycles. The maximum atomic E-state index is 12.1. The molecule has 7 nitrogen and oxygen atoms in total. The zero-order valence-electron chi connectivity index (χ0n) is 14.1. The van der Waals surface area contributed by atoms with Gasteiger partial charge < -0.3 is 19.1 Å². The molecule has 0 unspecified atom stereocenters. The Labute approximate surface area is 146 Å². The van der Waals surface area contributed by atoms with E-state index < -0.39 is 0 Å². The van der Waals surface area contributed by atoms with Crippen molar-refractivity contribution >= 4 is 23.3 Å². The number of amides is 1. The van der Waals surface area contributed by atoms with Gasteiger partial charge in [0.2, 0.25) is 0 Å². The van der Waals surface area contributed by atoms with Gasteiger partial charge in [0, 0.05) is 20.1 Å². The first-order valence-electron chi connectivity index (χ1n) is 8.22. The van der Waals surface area contributed by atoms with Gasteiger partial charge in [0.05, 0.1) is 31.2 Å². The van der Waals surface area contributed by atoms with E-state index >= 15 is 0 Å². The first-order chi connectivity index (χ1) is 11.8. The zero-order valence-corrected chi connectivity index (χ0v) is 14.9. The summed E-state index contributed by atoms with van der Waals surface area (Å²) in [6, 6.07) is 3.88. The quantitative estimate of drug-likeness (QED) is 0.384. The Morgan fingerprint density at radius 3 is 2.96 bits per heavy atom. The van der Waals surface area contributed by atoms with E-state index in [2.05, 4.69) is 10.3 Å². The second-order valence-electron chi connectivity index (χ2n) is 5.43. The minimum Gasteiger partial charge on any atom is -0.463 e. The SMILES string of the molecule is COCCOC(=NCCC[NH+]1CCOCC1)NC(=O)c1cccs1. The van der Waals surface area contributed by atoms with E-state index in [1.54, 1.807) is 18.1 Å². The number of carbonyl (C=O) groups is 1. The van der Waals surface area contributed by atoms with Crippen molar-refractivity contribution in [2.24, 2.45) is 4.99 Å². The van der Waals surface area contributed by atoms with Crippen LogP contribution >= 0.6 is 11.3 Å². The van der Waals surface area contributed by atoms with E-state index in [1.165, 1.54) is 11.3 Å². The van der Waals surface area contributed by atoms with Gasteiger partial charge in [0.15, 0.2) is 0 Å². The summed E-state index contributed by atoms with van der Waals surface area (Å²) in [4.78, 5) is 18.7. The number of nitrogens with one attached hydrogen (secondary N) is 2. The summed E-state index contributed by atoms with van der Waals surface area (Å²) >= 11 is 1.39. The van der Waals surface area contributed by atoms with E-state index in [-0.39, 0.29) is 11.9 Å². The van der Waals surface area contributed by atoms with Crippen molar-refractivity contribution in [2.75, 3.05) is 59.7 Å². The minimum atomic E-state index is -0.194. The molecule has 2 heterocycles. The number of nitrogens with zero attached hydrogens (tertiary/aromatic N) is 1. The van der Waals surface area contributed by atoms with E-state index in [1.807, 2.05) is 11.4 Å². The molecule has 1 fully saturated rings. The van der Waals surface area contributed by atoms with Crippen LogP contribution in [0.15, 0.2) is 22.5 Å². The Balaban J connectivity index is 1.78. The lowest BCUT2D eigenvalue weighted by Crippen LogP contribution is -3.14. The molecule has 0 aliphatic carbocycles. The molecule has 0 bridgehead atoms. The maximum absolute atomic E-state index is 12.1. The van der Waals surface area contributed by atoms with Crippen molar-refractivity contribution in [2.45, 2.75) is 6.42 Å². The van der Waals surface area contributed by atoms with Gasteiger partial charge in [0.1, 0.15) is 19.7 Å². The van der Waals surface area contributed by atoms with Crippen LogP contribution in [0.25, 0.3) is 0 Å². The number of carbonyl (C=O) groups excluding carboxylic acids is 1. The van der Waals surface area contributed by atoms with Crippen molar-refractivity contribution in [3.8, 4) is 0 Å². The van der Waals surface area contributed by atoms with Crippen LogP contribution in [0.1, 0.15) is 16.1 Å². The highest BCUT2D eigenvalue weighted by Gasteiger charge is 2.13. The van der Waals surface area contributed by atoms with Gasteiger partial charge in [-0.25, -0.2) is 4.99 Å². The lowest BCUT2D eigenvalue weighted by molar-refractivity contribution is -0.908. The predicted octanol–water partition coefficient (Wildman–Crippen LogP) is -0.198. The van der Waals surface area contributed by atoms with E-state index in [9.17, 15) is 4.79 Å².